The monoisotopic (exact) mass is 354 g/mol. The maximum atomic E-state index is 12.6. The number of rotatable bonds is 5. The van der Waals surface area contributed by atoms with Crippen molar-refractivity contribution in [2.24, 2.45) is 0 Å². The van der Waals surface area contributed by atoms with Crippen LogP contribution in [0.3, 0.4) is 0 Å². The number of pyridine rings is 1. The first kappa shape index (κ1) is 17.1. The summed E-state index contributed by atoms with van der Waals surface area (Å²) in [4.78, 5) is 16.6. The Labute approximate surface area is 147 Å². The zero-order valence-corrected chi connectivity index (χ0v) is 14.5. The van der Waals surface area contributed by atoms with Crippen LogP contribution in [0, 0.1) is 0 Å². The molecule has 5 nitrogen and oxygen atoms in total. The molecule has 1 N–H and O–H groups in total. The molecule has 25 heavy (non-hydrogen) atoms. The summed E-state index contributed by atoms with van der Waals surface area (Å²) in [6, 6.07) is 13.5. The third-order valence-electron chi connectivity index (χ3n) is 3.99. The Hall–Kier alpha value is -2.73. The number of carbonyl (C=O) groups is 1. The molecule has 2 aromatic rings. The third kappa shape index (κ3) is 3.85. The second-order valence-electron chi connectivity index (χ2n) is 5.81. The van der Waals surface area contributed by atoms with Gasteiger partial charge in [-0.3, -0.25) is 9.52 Å². The fourth-order valence-corrected chi connectivity index (χ4v) is 4.14. The SMILES string of the molecule is CC1=CC=CCC1S(=O)(=O)Nc1cccc(C(=O)c2ccccc2)n1. The average molecular weight is 354 g/mol. The molecule has 0 aliphatic heterocycles. The summed E-state index contributed by atoms with van der Waals surface area (Å²) in [5.74, 6) is -0.109. The number of aromatic nitrogens is 1. The van der Waals surface area contributed by atoms with Crippen LogP contribution >= 0.6 is 0 Å². The zero-order chi connectivity index (χ0) is 17.9. The molecule has 1 unspecified atom stereocenters. The highest BCUT2D eigenvalue weighted by molar-refractivity contribution is 7.93. The highest BCUT2D eigenvalue weighted by atomic mass is 32.2. The molecule has 1 heterocycles. The van der Waals surface area contributed by atoms with Crippen molar-refractivity contribution in [2.75, 3.05) is 4.72 Å². The van der Waals surface area contributed by atoms with Gasteiger partial charge in [0.25, 0.3) is 0 Å². The number of sulfonamides is 1. The Bertz CT molecular complexity index is 948. The number of anilines is 1. The van der Waals surface area contributed by atoms with Crippen molar-refractivity contribution < 1.29 is 13.2 Å². The van der Waals surface area contributed by atoms with Crippen LogP contribution in [0.1, 0.15) is 29.4 Å². The van der Waals surface area contributed by atoms with Crippen molar-refractivity contribution in [3.63, 3.8) is 0 Å². The summed E-state index contributed by atoms with van der Waals surface area (Å²) < 4.78 is 27.7. The molecular formula is C19H18N2O3S. The van der Waals surface area contributed by atoms with E-state index in [1.165, 1.54) is 6.07 Å². The molecule has 0 radical (unpaired) electrons. The number of benzene rings is 1. The van der Waals surface area contributed by atoms with E-state index in [2.05, 4.69) is 9.71 Å². The maximum absolute atomic E-state index is 12.6. The summed E-state index contributed by atoms with van der Waals surface area (Å²) in [6.45, 7) is 1.79. The van der Waals surface area contributed by atoms with Crippen molar-refractivity contribution in [1.29, 1.82) is 0 Å². The highest BCUT2D eigenvalue weighted by Gasteiger charge is 2.27. The van der Waals surface area contributed by atoms with E-state index in [0.29, 0.717) is 12.0 Å². The van der Waals surface area contributed by atoms with Gasteiger partial charge in [0, 0.05) is 5.56 Å². The molecule has 1 aromatic carbocycles. The van der Waals surface area contributed by atoms with E-state index >= 15 is 0 Å². The minimum absolute atomic E-state index is 0.143. The molecule has 0 amide bonds. The van der Waals surface area contributed by atoms with Gasteiger partial charge in [-0.1, -0.05) is 60.2 Å². The largest absolute Gasteiger partial charge is 0.287 e. The Morgan fingerprint density at radius 1 is 1.12 bits per heavy atom. The van der Waals surface area contributed by atoms with E-state index in [9.17, 15) is 13.2 Å². The summed E-state index contributed by atoms with van der Waals surface area (Å²) in [7, 11) is -3.64. The Kier molecular flexibility index (Phi) is 4.81. The van der Waals surface area contributed by atoms with E-state index in [0.717, 1.165) is 5.57 Å². The lowest BCUT2D eigenvalue weighted by Crippen LogP contribution is -2.29. The van der Waals surface area contributed by atoms with Gasteiger partial charge in [0.15, 0.2) is 0 Å². The first-order valence-electron chi connectivity index (χ1n) is 7.89. The Balaban J connectivity index is 1.84. The standard InChI is InChI=1S/C19H18N2O3S/c1-14-8-5-6-12-17(14)25(23,24)21-18-13-7-11-16(20-18)19(22)15-9-3-2-4-10-15/h2-11,13,17H,12H2,1H3,(H,20,21). The van der Waals surface area contributed by atoms with Gasteiger partial charge in [-0.2, -0.15) is 0 Å². The molecule has 1 aromatic heterocycles. The van der Waals surface area contributed by atoms with Crippen LogP contribution < -0.4 is 4.72 Å². The predicted molar refractivity (Wildman–Crippen MR) is 98.0 cm³/mol. The summed E-state index contributed by atoms with van der Waals surface area (Å²) in [5, 5.41) is -0.632. The van der Waals surface area contributed by atoms with Gasteiger partial charge in [0.2, 0.25) is 15.8 Å². The van der Waals surface area contributed by atoms with E-state index in [1.807, 2.05) is 18.2 Å². The predicted octanol–water partition coefficient (Wildman–Crippen LogP) is 3.33. The first-order chi connectivity index (χ1) is 12.0. The number of nitrogens with one attached hydrogen (secondary N) is 1. The second kappa shape index (κ2) is 7.03. The normalized spacial score (nSPS) is 17.0. The molecule has 1 aliphatic rings. The van der Waals surface area contributed by atoms with E-state index < -0.39 is 15.3 Å². The van der Waals surface area contributed by atoms with Gasteiger partial charge in [-0.15, -0.1) is 0 Å². The van der Waals surface area contributed by atoms with Gasteiger partial charge in [-0.25, -0.2) is 13.4 Å². The summed E-state index contributed by atoms with van der Waals surface area (Å²) in [5.41, 5.74) is 1.47. The lowest BCUT2D eigenvalue weighted by Gasteiger charge is -2.20. The topological polar surface area (TPSA) is 76.1 Å². The average Bonchev–Trinajstić information content (AvgIpc) is 2.62. The third-order valence-corrected chi connectivity index (χ3v) is 5.80. The molecule has 0 spiro atoms. The van der Waals surface area contributed by atoms with Crippen LogP contribution in [0.2, 0.25) is 0 Å². The molecule has 1 atom stereocenters. The smallest absolute Gasteiger partial charge is 0.240 e. The van der Waals surface area contributed by atoms with Crippen LogP contribution in [0.5, 0.6) is 0 Å². The molecule has 0 bridgehead atoms. The number of ketones is 1. The number of nitrogens with zero attached hydrogens (tertiary/aromatic N) is 1. The van der Waals surface area contributed by atoms with Crippen molar-refractivity contribution in [3.8, 4) is 0 Å². The van der Waals surface area contributed by atoms with Crippen LogP contribution in [0.15, 0.2) is 72.3 Å². The Morgan fingerprint density at radius 3 is 2.60 bits per heavy atom. The van der Waals surface area contributed by atoms with Gasteiger partial charge >= 0.3 is 0 Å². The number of hydrogen-bond donors (Lipinski definition) is 1. The minimum Gasteiger partial charge on any atom is -0.287 e. The molecule has 3 rings (SSSR count). The van der Waals surface area contributed by atoms with Gasteiger partial charge in [0.05, 0.1) is 0 Å². The van der Waals surface area contributed by atoms with Gasteiger partial charge < -0.3 is 0 Å². The number of allylic oxidation sites excluding steroid dienone is 3. The fraction of sp³-hybridized carbons (Fsp3) is 0.158. The van der Waals surface area contributed by atoms with Gasteiger partial charge in [-0.05, 0) is 25.5 Å². The summed E-state index contributed by atoms with van der Waals surface area (Å²) in [6.07, 6.45) is 5.87. The molecule has 128 valence electrons. The first-order valence-corrected chi connectivity index (χ1v) is 9.44. The van der Waals surface area contributed by atoms with E-state index in [1.54, 1.807) is 49.4 Å². The Morgan fingerprint density at radius 2 is 1.88 bits per heavy atom. The lowest BCUT2D eigenvalue weighted by atomic mass is 10.1. The van der Waals surface area contributed by atoms with Crippen LogP contribution in [0.4, 0.5) is 5.82 Å². The maximum Gasteiger partial charge on any atom is 0.240 e. The van der Waals surface area contributed by atoms with Crippen LogP contribution in [-0.2, 0) is 10.0 Å². The molecular weight excluding hydrogens is 336 g/mol. The minimum atomic E-state index is -3.64. The van der Waals surface area contributed by atoms with E-state index in [-0.39, 0.29) is 17.3 Å². The van der Waals surface area contributed by atoms with Crippen molar-refractivity contribution in [2.45, 2.75) is 18.6 Å². The molecule has 1 aliphatic carbocycles. The number of carbonyl (C=O) groups excluding carboxylic acids is 1. The van der Waals surface area contributed by atoms with Crippen molar-refractivity contribution >= 4 is 21.6 Å². The van der Waals surface area contributed by atoms with Crippen molar-refractivity contribution in [3.05, 3.63) is 83.6 Å². The molecule has 0 fully saturated rings. The lowest BCUT2D eigenvalue weighted by molar-refractivity contribution is 0.103. The zero-order valence-electron chi connectivity index (χ0n) is 13.7. The van der Waals surface area contributed by atoms with Gasteiger partial charge in [0.1, 0.15) is 16.8 Å². The molecule has 0 saturated heterocycles. The van der Waals surface area contributed by atoms with Crippen LogP contribution in [-0.4, -0.2) is 24.4 Å². The van der Waals surface area contributed by atoms with E-state index in [4.69, 9.17) is 0 Å². The number of hydrogen-bond acceptors (Lipinski definition) is 4. The molecule has 0 saturated carbocycles. The molecule has 6 heteroatoms. The quantitative estimate of drug-likeness (QED) is 0.836. The fourth-order valence-electron chi connectivity index (χ4n) is 2.66. The summed E-state index contributed by atoms with van der Waals surface area (Å²) >= 11 is 0. The second-order valence-corrected chi connectivity index (χ2v) is 7.68. The van der Waals surface area contributed by atoms with Crippen LogP contribution in [0.25, 0.3) is 0 Å². The van der Waals surface area contributed by atoms with Crippen molar-refractivity contribution in [1.82, 2.24) is 4.98 Å². The highest BCUT2D eigenvalue weighted by Crippen LogP contribution is 2.22.